The molecular weight excluding hydrogens is 256 g/mol. The van der Waals surface area contributed by atoms with E-state index in [0.717, 1.165) is 6.54 Å². The third-order valence-electron chi connectivity index (χ3n) is 4.94. The lowest BCUT2D eigenvalue weighted by molar-refractivity contribution is 0.0459. The predicted octanol–water partition coefficient (Wildman–Crippen LogP) is 4.17. The summed E-state index contributed by atoms with van der Waals surface area (Å²) in [5, 5.41) is 3.79. The molecule has 118 valence electrons. The molecule has 1 heterocycles. The van der Waals surface area contributed by atoms with Gasteiger partial charge in [-0.2, -0.15) is 0 Å². The van der Waals surface area contributed by atoms with Gasteiger partial charge in [0.25, 0.3) is 0 Å². The Kier molecular flexibility index (Phi) is 6.25. The van der Waals surface area contributed by atoms with Crippen molar-refractivity contribution >= 4 is 0 Å². The van der Waals surface area contributed by atoms with Crippen LogP contribution in [0.1, 0.15) is 58.4 Å². The number of unbranched alkanes of at least 4 members (excludes halogenated alkanes) is 2. The van der Waals surface area contributed by atoms with Gasteiger partial charge in [0.2, 0.25) is 0 Å². The third-order valence-corrected chi connectivity index (χ3v) is 4.94. The van der Waals surface area contributed by atoms with Crippen molar-refractivity contribution in [2.75, 3.05) is 19.6 Å². The largest absolute Gasteiger partial charge is 0.311 e. The van der Waals surface area contributed by atoms with Gasteiger partial charge in [-0.3, -0.25) is 4.90 Å². The SMILES string of the molecule is CCCCCN1CC(CCC)NCC1(C)c1ccccc1. The fourth-order valence-corrected chi connectivity index (χ4v) is 3.50. The molecule has 1 aromatic rings. The second-order valence-corrected chi connectivity index (χ2v) is 6.66. The fraction of sp³-hybridized carbons (Fsp3) is 0.684. The van der Waals surface area contributed by atoms with Gasteiger partial charge < -0.3 is 5.32 Å². The average molecular weight is 288 g/mol. The van der Waals surface area contributed by atoms with E-state index in [1.807, 2.05) is 0 Å². The van der Waals surface area contributed by atoms with Gasteiger partial charge >= 0.3 is 0 Å². The van der Waals surface area contributed by atoms with Crippen molar-refractivity contribution in [2.45, 2.75) is 64.5 Å². The molecule has 1 N–H and O–H groups in total. The lowest BCUT2D eigenvalue weighted by atomic mass is 9.86. The van der Waals surface area contributed by atoms with E-state index in [0.29, 0.717) is 6.04 Å². The van der Waals surface area contributed by atoms with Crippen LogP contribution >= 0.6 is 0 Å². The number of hydrogen-bond donors (Lipinski definition) is 1. The summed E-state index contributed by atoms with van der Waals surface area (Å²) < 4.78 is 0. The van der Waals surface area contributed by atoms with Crippen LogP contribution in [0.25, 0.3) is 0 Å². The molecule has 0 aromatic heterocycles. The van der Waals surface area contributed by atoms with Crippen molar-refractivity contribution in [1.29, 1.82) is 0 Å². The number of piperazine rings is 1. The molecule has 0 amide bonds. The van der Waals surface area contributed by atoms with Gasteiger partial charge in [0.1, 0.15) is 0 Å². The van der Waals surface area contributed by atoms with Crippen molar-refractivity contribution in [3.8, 4) is 0 Å². The number of rotatable bonds is 7. The van der Waals surface area contributed by atoms with Gasteiger partial charge in [-0.1, -0.05) is 63.4 Å². The summed E-state index contributed by atoms with van der Waals surface area (Å²) in [6.07, 6.45) is 6.51. The summed E-state index contributed by atoms with van der Waals surface area (Å²) >= 11 is 0. The Morgan fingerprint density at radius 2 is 1.90 bits per heavy atom. The van der Waals surface area contributed by atoms with Crippen LogP contribution in [0.5, 0.6) is 0 Å². The molecule has 0 spiro atoms. The van der Waals surface area contributed by atoms with E-state index in [4.69, 9.17) is 0 Å². The standard InChI is InChI=1S/C19H32N2/c1-4-6-10-14-21-15-18(11-5-2)20-16-19(21,3)17-12-8-7-9-13-17/h7-9,12-13,18,20H,4-6,10-11,14-16H2,1-3H3. The minimum absolute atomic E-state index is 0.138. The van der Waals surface area contributed by atoms with Crippen LogP contribution in [0.4, 0.5) is 0 Å². The topological polar surface area (TPSA) is 15.3 Å². The van der Waals surface area contributed by atoms with Crippen molar-refractivity contribution < 1.29 is 0 Å². The maximum absolute atomic E-state index is 3.79. The van der Waals surface area contributed by atoms with Gasteiger partial charge in [0, 0.05) is 19.1 Å². The summed E-state index contributed by atoms with van der Waals surface area (Å²) in [7, 11) is 0. The summed E-state index contributed by atoms with van der Waals surface area (Å²) in [4.78, 5) is 2.73. The molecule has 1 fully saturated rings. The predicted molar refractivity (Wildman–Crippen MR) is 91.6 cm³/mol. The Labute approximate surface area is 130 Å². The lowest BCUT2D eigenvalue weighted by Gasteiger charge is -2.48. The molecule has 1 aliphatic rings. The molecule has 2 nitrogen and oxygen atoms in total. The van der Waals surface area contributed by atoms with Crippen LogP contribution in [-0.4, -0.2) is 30.6 Å². The van der Waals surface area contributed by atoms with Crippen LogP contribution < -0.4 is 5.32 Å². The van der Waals surface area contributed by atoms with Gasteiger partial charge in [0.05, 0.1) is 5.54 Å². The lowest BCUT2D eigenvalue weighted by Crippen LogP contribution is -2.61. The van der Waals surface area contributed by atoms with Crippen LogP contribution in [0.3, 0.4) is 0 Å². The Bertz CT molecular complexity index is 403. The number of nitrogens with zero attached hydrogens (tertiary/aromatic N) is 1. The van der Waals surface area contributed by atoms with Gasteiger partial charge in [0.15, 0.2) is 0 Å². The molecular formula is C19H32N2. The zero-order valence-electron chi connectivity index (χ0n) is 14.1. The molecule has 2 unspecified atom stereocenters. The molecule has 1 aliphatic heterocycles. The van der Waals surface area contributed by atoms with E-state index in [-0.39, 0.29) is 5.54 Å². The Morgan fingerprint density at radius 3 is 2.57 bits per heavy atom. The Balaban J connectivity index is 2.13. The minimum atomic E-state index is 0.138. The van der Waals surface area contributed by atoms with E-state index >= 15 is 0 Å². The monoisotopic (exact) mass is 288 g/mol. The highest BCUT2D eigenvalue weighted by molar-refractivity contribution is 5.25. The highest BCUT2D eigenvalue weighted by atomic mass is 15.3. The van der Waals surface area contributed by atoms with E-state index in [2.05, 4.69) is 61.3 Å². The molecule has 0 saturated carbocycles. The molecule has 1 aromatic carbocycles. The van der Waals surface area contributed by atoms with Crippen LogP contribution in [-0.2, 0) is 5.54 Å². The quantitative estimate of drug-likeness (QED) is 0.758. The summed E-state index contributed by atoms with van der Waals surface area (Å²) in [6.45, 7) is 10.4. The molecule has 2 heteroatoms. The molecule has 1 saturated heterocycles. The Hall–Kier alpha value is -0.860. The first kappa shape index (κ1) is 16.5. The first-order valence-electron chi connectivity index (χ1n) is 8.74. The van der Waals surface area contributed by atoms with Gasteiger partial charge in [-0.15, -0.1) is 0 Å². The van der Waals surface area contributed by atoms with Crippen LogP contribution in [0.15, 0.2) is 30.3 Å². The molecule has 21 heavy (non-hydrogen) atoms. The maximum Gasteiger partial charge on any atom is 0.0558 e. The van der Waals surface area contributed by atoms with Crippen molar-refractivity contribution in [3.05, 3.63) is 35.9 Å². The molecule has 0 bridgehead atoms. The number of nitrogens with one attached hydrogen (secondary N) is 1. The molecule has 2 rings (SSSR count). The summed E-state index contributed by atoms with van der Waals surface area (Å²) in [5.74, 6) is 0. The first-order valence-corrected chi connectivity index (χ1v) is 8.74. The first-order chi connectivity index (χ1) is 10.2. The average Bonchev–Trinajstić information content (AvgIpc) is 2.52. The van der Waals surface area contributed by atoms with Crippen LogP contribution in [0.2, 0.25) is 0 Å². The van der Waals surface area contributed by atoms with Gasteiger partial charge in [-0.25, -0.2) is 0 Å². The highest BCUT2D eigenvalue weighted by Gasteiger charge is 2.38. The normalized spacial score (nSPS) is 26.9. The number of hydrogen-bond acceptors (Lipinski definition) is 2. The second-order valence-electron chi connectivity index (χ2n) is 6.66. The van der Waals surface area contributed by atoms with Crippen LogP contribution in [0, 0.1) is 0 Å². The van der Waals surface area contributed by atoms with Gasteiger partial charge in [-0.05, 0) is 31.9 Å². The maximum atomic E-state index is 3.79. The zero-order valence-corrected chi connectivity index (χ0v) is 14.1. The zero-order chi connectivity index (χ0) is 15.1. The van der Waals surface area contributed by atoms with Crippen molar-refractivity contribution in [2.24, 2.45) is 0 Å². The summed E-state index contributed by atoms with van der Waals surface area (Å²) in [6, 6.07) is 11.7. The molecule has 0 radical (unpaired) electrons. The number of benzene rings is 1. The smallest absolute Gasteiger partial charge is 0.0558 e. The molecule has 0 aliphatic carbocycles. The summed E-state index contributed by atoms with van der Waals surface area (Å²) in [5.41, 5.74) is 1.59. The van der Waals surface area contributed by atoms with E-state index < -0.39 is 0 Å². The molecule has 2 atom stereocenters. The third kappa shape index (κ3) is 4.08. The van der Waals surface area contributed by atoms with Crippen molar-refractivity contribution in [1.82, 2.24) is 10.2 Å². The van der Waals surface area contributed by atoms with Crippen molar-refractivity contribution in [3.63, 3.8) is 0 Å². The second kappa shape index (κ2) is 7.95. The highest BCUT2D eigenvalue weighted by Crippen LogP contribution is 2.31. The van der Waals surface area contributed by atoms with E-state index in [1.54, 1.807) is 0 Å². The fourth-order valence-electron chi connectivity index (χ4n) is 3.50. The van der Waals surface area contributed by atoms with E-state index in [9.17, 15) is 0 Å². The Morgan fingerprint density at radius 1 is 1.14 bits per heavy atom. The minimum Gasteiger partial charge on any atom is -0.311 e. The van der Waals surface area contributed by atoms with E-state index in [1.165, 1.54) is 50.8 Å².